The lowest BCUT2D eigenvalue weighted by Gasteiger charge is -2.36. The average Bonchev–Trinajstić information content (AvgIpc) is 2.41. The molecule has 0 spiro atoms. The lowest BCUT2D eigenvalue weighted by molar-refractivity contribution is -0.114. The van der Waals surface area contributed by atoms with Gasteiger partial charge in [-0.1, -0.05) is 19.3 Å². The number of morpholine rings is 1. The summed E-state index contributed by atoms with van der Waals surface area (Å²) < 4.78 is 5.20. The minimum Gasteiger partial charge on any atom is -0.378 e. The topological polar surface area (TPSA) is 58.6 Å². The molecule has 96 valence electrons. The number of amides is 2. The minimum absolute atomic E-state index is 0.123. The number of nitrogens with one attached hydrogen (secondary N) is 1. The van der Waals surface area contributed by atoms with E-state index in [0.29, 0.717) is 26.3 Å². The highest BCUT2D eigenvalue weighted by Gasteiger charge is 2.34. The van der Waals surface area contributed by atoms with Crippen LogP contribution in [0.5, 0.6) is 0 Å². The Balaban J connectivity index is 1.92. The van der Waals surface area contributed by atoms with Crippen LogP contribution in [0.25, 0.3) is 0 Å². The summed E-state index contributed by atoms with van der Waals surface area (Å²) in [6.45, 7) is 2.39. The molecule has 2 amide bonds. The molecule has 17 heavy (non-hydrogen) atoms. The third kappa shape index (κ3) is 2.97. The third-order valence-corrected chi connectivity index (χ3v) is 3.63. The van der Waals surface area contributed by atoms with Gasteiger partial charge in [-0.15, -0.1) is 0 Å². The third-order valence-electron chi connectivity index (χ3n) is 3.63. The molecule has 2 rings (SSSR count). The van der Waals surface area contributed by atoms with Crippen LogP contribution in [0, 0.1) is 0 Å². The molecule has 1 aliphatic carbocycles. The number of hydrogen-bond acceptors (Lipinski definition) is 3. The largest absolute Gasteiger partial charge is 0.378 e. The van der Waals surface area contributed by atoms with Crippen molar-refractivity contribution in [2.45, 2.75) is 37.6 Å². The monoisotopic (exact) mass is 240 g/mol. The molecule has 2 aliphatic rings. The van der Waals surface area contributed by atoms with Crippen LogP contribution in [-0.4, -0.2) is 49.1 Å². The number of rotatable bonds is 2. The Hall–Kier alpha value is -1.10. The summed E-state index contributed by atoms with van der Waals surface area (Å²) in [5, 5.41) is 2.92. The molecule has 0 aromatic heterocycles. The van der Waals surface area contributed by atoms with Crippen molar-refractivity contribution in [2.24, 2.45) is 0 Å². The van der Waals surface area contributed by atoms with E-state index in [1.54, 1.807) is 4.90 Å². The molecule has 5 nitrogen and oxygen atoms in total. The number of hydrogen-bond donors (Lipinski definition) is 1. The van der Waals surface area contributed by atoms with Gasteiger partial charge in [-0.2, -0.15) is 0 Å². The highest BCUT2D eigenvalue weighted by molar-refractivity contribution is 5.80. The van der Waals surface area contributed by atoms with Crippen LogP contribution in [0.4, 0.5) is 4.79 Å². The molecule has 1 saturated heterocycles. The van der Waals surface area contributed by atoms with Crippen LogP contribution >= 0.6 is 0 Å². The average molecular weight is 240 g/mol. The molecule has 1 heterocycles. The van der Waals surface area contributed by atoms with Gasteiger partial charge in [0.15, 0.2) is 0 Å². The zero-order valence-electron chi connectivity index (χ0n) is 10.1. The van der Waals surface area contributed by atoms with Crippen LogP contribution in [0.1, 0.15) is 32.1 Å². The molecular weight excluding hydrogens is 220 g/mol. The second-order valence-electron chi connectivity index (χ2n) is 4.86. The summed E-state index contributed by atoms with van der Waals surface area (Å²) >= 11 is 0. The van der Waals surface area contributed by atoms with Crippen molar-refractivity contribution >= 4 is 12.3 Å². The lowest BCUT2D eigenvalue weighted by atomic mass is 9.83. The van der Waals surface area contributed by atoms with Gasteiger partial charge in [0.2, 0.25) is 0 Å². The van der Waals surface area contributed by atoms with E-state index < -0.39 is 5.54 Å². The van der Waals surface area contributed by atoms with E-state index in [2.05, 4.69) is 5.32 Å². The second kappa shape index (κ2) is 5.49. The van der Waals surface area contributed by atoms with Crippen molar-refractivity contribution in [3.8, 4) is 0 Å². The van der Waals surface area contributed by atoms with E-state index in [1.165, 1.54) is 0 Å². The Morgan fingerprint density at radius 3 is 2.41 bits per heavy atom. The van der Waals surface area contributed by atoms with Gasteiger partial charge in [-0.25, -0.2) is 4.79 Å². The van der Waals surface area contributed by atoms with Crippen LogP contribution in [0.3, 0.4) is 0 Å². The molecule has 0 unspecified atom stereocenters. The number of aldehydes is 1. The van der Waals surface area contributed by atoms with Gasteiger partial charge >= 0.3 is 6.03 Å². The number of carbonyl (C=O) groups is 2. The smallest absolute Gasteiger partial charge is 0.318 e. The Morgan fingerprint density at radius 1 is 1.18 bits per heavy atom. The molecule has 1 N–H and O–H groups in total. The Morgan fingerprint density at radius 2 is 1.82 bits per heavy atom. The van der Waals surface area contributed by atoms with E-state index >= 15 is 0 Å². The van der Waals surface area contributed by atoms with E-state index in [9.17, 15) is 9.59 Å². The van der Waals surface area contributed by atoms with Gasteiger partial charge in [0.25, 0.3) is 0 Å². The molecule has 0 atom stereocenters. The zero-order valence-corrected chi connectivity index (χ0v) is 10.1. The van der Waals surface area contributed by atoms with Crippen molar-refractivity contribution in [1.82, 2.24) is 10.2 Å². The maximum Gasteiger partial charge on any atom is 0.318 e. The zero-order chi connectivity index (χ0) is 12.1. The molecule has 0 bridgehead atoms. The maximum absolute atomic E-state index is 12.0. The van der Waals surface area contributed by atoms with Crippen LogP contribution in [-0.2, 0) is 9.53 Å². The molecular formula is C12H20N2O3. The number of carbonyl (C=O) groups excluding carboxylic acids is 2. The van der Waals surface area contributed by atoms with Gasteiger partial charge in [0.05, 0.1) is 18.8 Å². The second-order valence-corrected chi connectivity index (χ2v) is 4.86. The Bertz CT molecular complexity index is 281. The molecule has 0 aromatic carbocycles. The Labute approximate surface area is 101 Å². The predicted molar refractivity (Wildman–Crippen MR) is 62.8 cm³/mol. The molecule has 0 aromatic rings. The molecule has 1 aliphatic heterocycles. The number of nitrogens with zero attached hydrogens (tertiary/aromatic N) is 1. The first-order valence-corrected chi connectivity index (χ1v) is 6.37. The molecule has 2 fully saturated rings. The van der Waals surface area contributed by atoms with Crippen molar-refractivity contribution in [2.75, 3.05) is 26.3 Å². The fourth-order valence-corrected chi connectivity index (χ4v) is 2.51. The summed E-state index contributed by atoms with van der Waals surface area (Å²) in [5.74, 6) is 0. The first-order valence-electron chi connectivity index (χ1n) is 6.37. The maximum atomic E-state index is 12.0. The van der Waals surface area contributed by atoms with Crippen LogP contribution in [0.2, 0.25) is 0 Å². The summed E-state index contributed by atoms with van der Waals surface area (Å²) in [5.41, 5.74) is -0.617. The summed E-state index contributed by atoms with van der Waals surface area (Å²) in [6, 6.07) is -0.123. The summed E-state index contributed by atoms with van der Waals surface area (Å²) in [4.78, 5) is 25.0. The fourth-order valence-electron chi connectivity index (χ4n) is 2.51. The van der Waals surface area contributed by atoms with Gasteiger partial charge in [-0.3, -0.25) is 0 Å². The van der Waals surface area contributed by atoms with E-state index in [1.807, 2.05) is 0 Å². The van der Waals surface area contributed by atoms with Gasteiger partial charge in [0.1, 0.15) is 6.29 Å². The van der Waals surface area contributed by atoms with Crippen molar-refractivity contribution < 1.29 is 14.3 Å². The quantitative estimate of drug-likeness (QED) is 0.730. The first kappa shape index (κ1) is 12.4. The van der Waals surface area contributed by atoms with Gasteiger partial charge < -0.3 is 19.7 Å². The summed E-state index contributed by atoms with van der Waals surface area (Å²) in [7, 11) is 0. The highest BCUT2D eigenvalue weighted by Crippen LogP contribution is 2.26. The molecule has 0 radical (unpaired) electrons. The first-order chi connectivity index (χ1) is 8.26. The standard InChI is InChI=1S/C12H20N2O3/c15-10-12(4-2-1-3-5-12)13-11(16)14-6-8-17-9-7-14/h10H,1-9H2,(H,13,16). The van der Waals surface area contributed by atoms with E-state index in [4.69, 9.17) is 4.74 Å². The highest BCUT2D eigenvalue weighted by atomic mass is 16.5. The van der Waals surface area contributed by atoms with Gasteiger partial charge in [-0.05, 0) is 12.8 Å². The van der Waals surface area contributed by atoms with Crippen LogP contribution < -0.4 is 5.32 Å². The SMILES string of the molecule is O=CC1(NC(=O)N2CCOCC2)CCCCC1. The van der Waals surface area contributed by atoms with Crippen LogP contribution in [0.15, 0.2) is 0 Å². The number of urea groups is 1. The summed E-state index contributed by atoms with van der Waals surface area (Å²) in [6.07, 6.45) is 5.65. The fraction of sp³-hybridized carbons (Fsp3) is 0.833. The lowest BCUT2D eigenvalue weighted by Crippen LogP contribution is -2.57. The van der Waals surface area contributed by atoms with E-state index in [-0.39, 0.29) is 6.03 Å². The predicted octanol–water partition coefficient (Wildman–Crippen LogP) is 0.930. The van der Waals surface area contributed by atoms with Crippen molar-refractivity contribution in [1.29, 1.82) is 0 Å². The molecule has 5 heteroatoms. The molecule has 1 saturated carbocycles. The van der Waals surface area contributed by atoms with E-state index in [0.717, 1.165) is 38.4 Å². The van der Waals surface area contributed by atoms with Gasteiger partial charge in [0, 0.05) is 13.1 Å². The van der Waals surface area contributed by atoms with Crippen molar-refractivity contribution in [3.05, 3.63) is 0 Å². The van der Waals surface area contributed by atoms with Crippen molar-refractivity contribution in [3.63, 3.8) is 0 Å². The minimum atomic E-state index is -0.617. The Kier molecular flexibility index (Phi) is 3.99. The normalized spacial score (nSPS) is 24.1. The number of ether oxygens (including phenoxy) is 1.